The molecule has 5 heteroatoms. The number of benzene rings is 1. The molecule has 142 valence electrons. The van der Waals surface area contributed by atoms with E-state index in [1.54, 1.807) is 18.2 Å². The van der Waals surface area contributed by atoms with Gasteiger partial charge in [-0.3, -0.25) is 4.79 Å². The minimum atomic E-state index is 0.103. The molecule has 0 heterocycles. The van der Waals surface area contributed by atoms with Gasteiger partial charge in [-0.2, -0.15) is 0 Å². The number of carbonyl (C=O) groups is 1. The number of hydrogen-bond acceptors (Lipinski definition) is 3. The zero-order valence-corrected chi connectivity index (χ0v) is 16.2. The van der Waals surface area contributed by atoms with Crippen LogP contribution in [0.15, 0.2) is 18.2 Å². The van der Waals surface area contributed by atoms with Crippen LogP contribution in [0.25, 0.3) is 0 Å². The average molecular weight is 369 g/mol. The predicted octanol–water partition coefficient (Wildman–Crippen LogP) is 5.49. The summed E-state index contributed by atoms with van der Waals surface area (Å²) in [5.74, 6) is 0.271. The van der Waals surface area contributed by atoms with Crippen molar-refractivity contribution in [1.82, 2.24) is 5.32 Å². The van der Waals surface area contributed by atoms with Gasteiger partial charge in [0.15, 0.2) is 0 Å². The number of unbranched alkanes of at least 4 members (excludes halogenated alkanes) is 8. The number of phenolic OH excluding ortho intramolecular Hbond substituents is 1. The standard InChI is InChI=1S/C20H33ClN2O2/c1-2-3-4-5-6-7-8-9-10-11-20(25)23-15-14-22-19-16-17(24)12-13-18(19)21/h12-13,16,22,24H,2-11,14-15H2,1H3,(H,23,25). The summed E-state index contributed by atoms with van der Waals surface area (Å²) < 4.78 is 0. The molecular weight excluding hydrogens is 336 g/mol. The fourth-order valence-corrected chi connectivity index (χ4v) is 2.92. The minimum Gasteiger partial charge on any atom is -0.508 e. The van der Waals surface area contributed by atoms with Gasteiger partial charge in [0.2, 0.25) is 5.91 Å². The smallest absolute Gasteiger partial charge is 0.220 e. The Morgan fingerprint density at radius 3 is 2.32 bits per heavy atom. The van der Waals surface area contributed by atoms with E-state index in [0.29, 0.717) is 30.2 Å². The molecule has 0 aliphatic rings. The van der Waals surface area contributed by atoms with Crippen LogP contribution in [0.5, 0.6) is 5.75 Å². The Hall–Kier alpha value is -1.42. The van der Waals surface area contributed by atoms with E-state index in [9.17, 15) is 9.90 Å². The lowest BCUT2D eigenvalue weighted by atomic mass is 10.1. The maximum Gasteiger partial charge on any atom is 0.220 e. The van der Waals surface area contributed by atoms with Crippen LogP contribution in [0.4, 0.5) is 5.69 Å². The monoisotopic (exact) mass is 368 g/mol. The summed E-state index contributed by atoms with van der Waals surface area (Å²) in [5, 5.41) is 16.0. The summed E-state index contributed by atoms with van der Waals surface area (Å²) >= 11 is 6.02. The highest BCUT2D eigenvalue weighted by Crippen LogP contribution is 2.25. The number of halogens is 1. The van der Waals surface area contributed by atoms with Gasteiger partial charge in [-0.1, -0.05) is 69.9 Å². The fraction of sp³-hybridized carbons (Fsp3) is 0.650. The zero-order valence-electron chi connectivity index (χ0n) is 15.5. The van der Waals surface area contributed by atoms with E-state index in [-0.39, 0.29) is 11.7 Å². The second-order valence-corrected chi connectivity index (χ2v) is 6.93. The third-order valence-electron chi connectivity index (χ3n) is 4.22. The van der Waals surface area contributed by atoms with Crippen molar-refractivity contribution in [2.24, 2.45) is 0 Å². The van der Waals surface area contributed by atoms with Gasteiger partial charge in [-0.05, 0) is 18.6 Å². The number of anilines is 1. The molecule has 0 fully saturated rings. The van der Waals surface area contributed by atoms with Gasteiger partial charge in [0, 0.05) is 25.6 Å². The first-order valence-corrected chi connectivity index (χ1v) is 10.0. The summed E-state index contributed by atoms with van der Waals surface area (Å²) in [6, 6.07) is 4.76. The molecule has 0 spiro atoms. The quantitative estimate of drug-likeness (QED) is 0.380. The molecule has 3 N–H and O–H groups in total. The topological polar surface area (TPSA) is 61.4 Å². The maximum atomic E-state index is 11.8. The molecule has 0 aliphatic heterocycles. The SMILES string of the molecule is CCCCCCCCCCCC(=O)NCCNc1cc(O)ccc1Cl. The van der Waals surface area contributed by atoms with Gasteiger partial charge in [0.25, 0.3) is 0 Å². The largest absolute Gasteiger partial charge is 0.508 e. The highest BCUT2D eigenvalue weighted by molar-refractivity contribution is 6.33. The van der Waals surface area contributed by atoms with Gasteiger partial charge in [0.1, 0.15) is 5.75 Å². The Labute approximate surface area is 157 Å². The van der Waals surface area contributed by atoms with Crippen LogP contribution in [0.3, 0.4) is 0 Å². The highest BCUT2D eigenvalue weighted by Gasteiger charge is 2.03. The van der Waals surface area contributed by atoms with Crippen molar-refractivity contribution in [2.45, 2.75) is 71.1 Å². The van der Waals surface area contributed by atoms with Crippen LogP contribution < -0.4 is 10.6 Å². The van der Waals surface area contributed by atoms with Crippen molar-refractivity contribution in [2.75, 3.05) is 18.4 Å². The summed E-state index contributed by atoms with van der Waals surface area (Å²) in [5.41, 5.74) is 0.676. The second kappa shape index (κ2) is 13.8. The van der Waals surface area contributed by atoms with Gasteiger partial charge >= 0.3 is 0 Å². The van der Waals surface area contributed by atoms with E-state index >= 15 is 0 Å². The first kappa shape index (κ1) is 21.6. The Morgan fingerprint density at radius 1 is 1.00 bits per heavy atom. The molecule has 0 radical (unpaired) electrons. The molecule has 1 aromatic carbocycles. The van der Waals surface area contributed by atoms with Crippen LogP contribution in [0, 0.1) is 0 Å². The molecule has 1 aromatic rings. The van der Waals surface area contributed by atoms with Crippen molar-refractivity contribution in [1.29, 1.82) is 0 Å². The van der Waals surface area contributed by atoms with Gasteiger partial charge < -0.3 is 15.7 Å². The van der Waals surface area contributed by atoms with E-state index in [1.807, 2.05) is 0 Å². The number of aromatic hydroxyl groups is 1. The molecule has 0 bridgehead atoms. The normalized spacial score (nSPS) is 10.6. The van der Waals surface area contributed by atoms with E-state index in [4.69, 9.17) is 11.6 Å². The van der Waals surface area contributed by atoms with Crippen molar-refractivity contribution in [3.8, 4) is 5.75 Å². The molecule has 0 aliphatic carbocycles. The van der Waals surface area contributed by atoms with Crippen LogP contribution in [-0.4, -0.2) is 24.1 Å². The molecular formula is C20H33ClN2O2. The van der Waals surface area contributed by atoms with Crippen LogP contribution in [-0.2, 0) is 4.79 Å². The molecule has 0 atom stereocenters. The number of nitrogens with one attached hydrogen (secondary N) is 2. The van der Waals surface area contributed by atoms with Gasteiger partial charge in [-0.15, -0.1) is 0 Å². The number of carbonyl (C=O) groups excluding carboxylic acids is 1. The summed E-state index contributed by atoms with van der Waals surface area (Å²) in [6.07, 6.45) is 11.9. The number of amides is 1. The molecule has 1 rings (SSSR count). The lowest BCUT2D eigenvalue weighted by molar-refractivity contribution is -0.121. The molecule has 25 heavy (non-hydrogen) atoms. The Bertz CT molecular complexity index is 495. The highest BCUT2D eigenvalue weighted by atomic mass is 35.5. The fourth-order valence-electron chi connectivity index (χ4n) is 2.73. The maximum absolute atomic E-state index is 11.8. The number of phenols is 1. The lowest BCUT2D eigenvalue weighted by Gasteiger charge is -2.10. The van der Waals surface area contributed by atoms with E-state index < -0.39 is 0 Å². The summed E-state index contributed by atoms with van der Waals surface area (Å²) in [7, 11) is 0. The molecule has 4 nitrogen and oxygen atoms in total. The van der Waals surface area contributed by atoms with Crippen molar-refractivity contribution >= 4 is 23.2 Å². The molecule has 0 unspecified atom stereocenters. The van der Waals surface area contributed by atoms with Crippen molar-refractivity contribution in [3.05, 3.63) is 23.2 Å². The van der Waals surface area contributed by atoms with E-state index in [2.05, 4.69) is 17.6 Å². The summed E-state index contributed by atoms with van der Waals surface area (Å²) in [6.45, 7) is 3.36. The van der Waals surface area contributed by atoms with Crippen molar-refractivity contribution in [3.63, 3.8) is 0 Å². The average Bonchev–Trinajstić information content (AvgIpc) is 2.60. The van der Waals surface area contributed by atoms with E-state index in [1.165, 1.54) is 44.9 Å². The van der Waals surface area contributed by atoms with E-state index in [0.717, 1.165) is 12.8 Å². The number of rotatable bonds is 14. The van der Waals surface area contributed by atoms with Crippen molar-refractivity contribution < 1.29 is 9.90 Å². The molecule has 0 saturated heterocycles. The summed E-state index contributed by atoms with van der Waals surface area (Å²) in [4.78, 5) is 11.8. The van der Waals surface area contributed by atoms with Gasteiger partial charge in [-0.25, -0.2) is 0 Å². The van der Waals surface area contributed by atoms with Crippen LogP contribution >= 0.6 is 11.6 Å². The number of hydrogen-bond donors (Lipinski definition) is 3. The minimum absolute atomic E-state index is 0.103. The first-order valence-electron chi connectivity index (χ1n) is 9.62. The Balaban J connectivity index is 1.96. The Kier molecular flexibility index (Phi) is 12.0. The molecule has 0 saturated carbocycles. The first-order chi connectivity index (χ1) is 12.1. The second-order valence-electron chi connectivity index (χ2n) is 6.52. The molecule has 1 amide bonds. The van der Waals surface area contributed by atoms with Gasteiger partial charge in [0.05, 0.1) is 10.7 Å². The molecule has 0 aromatic heterocycles. The Morgan fingerprint density at radius 2 is 1.64 bits per heavy atom. The van der Waals surface area contributed by atoms with Crippen LogP contribution in [0.1, 0.15) is 71.1 Å². The third-order valence-corrected chi connectivity index (χ3v) is 4.55. The van der Waals surface area contributed by atoms with Crippen LogP contribution in [0.2, 0.25) is 5.02 Å². The lowest BCUT2D eigenvalue weighted by Crippen LogP contribution is -2.28. The zero-order chi connectivity index (χ0) is 18.3. The third kappa shape index (κ3) is 10.9. The predicted molar refractivity (Wildman–Crippen MR) is 106 cm³/mol.